The number of hydrogen-bond donors (Lipinski definition) is 3. The molecule has 0 saturated carbocycles. The molecule has 3 amide bonds. The Bertz CT molecular complexity index is 1920. The van der Waals surface area contributed by atoms with E-state index in [1.165, 1.54) is 11.8 Å². The first-order chi connectivity index (χ1) is 26.4. The highest BCUT2D eigenvalue weighted by Crippen LogP contribution is 2.48. The number of thioether (sulfide) groups is 1. The summed E-state index contributed by atoms with van der Waals surface area (Å²) in [7, 11) is 0. The van der Waals surface area contributed by atoms with E-state index in [0.717, 1.165) is 16.7 Å². The number of nitrogens with one attached hydrogen (secondary N) is 3. The van der Waals surface area contributed by atoms with Gasteiger partial charge in [0.05, 0.1) is 15.1 Å². The van der Waals surface area contributed by atoms with Crippen molar-refractivity contribution in [1.29, 1.82) is 0 Å². The van der Waals surface area contributed by atoms with E-state index in [4.69, 9.17) is 72.2 Å². The van der Waals surface area contributed by atoms with Gasteiger partial charge in [-0.3, -0.25) is 9.59 Å². The molecule has 0 fully saturated rings. The quantitative estimate of drug-likeness (QED) is 0.0390. The Morgan fingerprint density at radius 1 is 0.618 bits per heavy atom. The van der Waals surface area contributed by atoms with Gasteiger partial charge in [-0.05, 0) is 23.1 Å². The third kappa shape index (κ3) is 14.1. The van der Waals surface area contributed by atoms with Gasteiger partial charge in [0, 0.05) is 17.9 Å². The smallest absolute Gasteiger partial charge is 0.408 e. The first-order valence-electron chi connectivity index (χ1n) is 16.5. The minimum atomic E-state index is -1.26. The van der Waals surface area contributed by atoms with Crippen molar-refractivity contribution in [2.75, 3.05) is 12.3 Å². The van der Waals surface area contributed by atoms with Crippen molar-refractivity contribution in [2.24, 2.45) is 0 Å². The maximum Gasteiger partial charge on any atom is 0.408 e. The molecule has 0 aromatic heterocycles. The number of alkyl carbamates (subject to hydrolysis) is 1. The zero-order valence-electron chi connectivity index (χ0n) is 28.8. The Labute approximate surface area is 346 Å². The number of esters is 2. The molecular formula is C38H34Cl5N3O8S. The van der Waals surface area contributed by atoms with Gasteiger partial charge in [0.25, 0.3) is 0 Å². The largest absolute Gasteiger partial charge is 0.459 e. The average molecular weight is 870 g/mol. The second-order valence-electron chi connectivity index (χ2n) is 11.6. The summed E-state index contributed by atoms with van der Waals surface area (Å²) < 4.78 is 16.0. The Hall–Kier alpha value is -4.17. The number of ether oxygens (including phenoxy) is 3. The lowest BCUT2D eigenvalue weighted by Crippen LogP contribution is -2.50. The van der Waals surface area contributed by atoms with Crippen LogP contribution >= 0.6 is 69.8 Å². The normalized spacial score (nSPS) is 11.8. The fourth-order valence-corrected chi connectivity index (χ4v) is 6.90. The van der Waals surface area contributed by atoms with Crippen LogP contribution in [0.1, 0.15) is 29.5 Å². The molecule has 3 N–H and O–H groups in total. The van der Waals surface area contributed by atoms with Crippen LogP contribution in [0.3, 0.4) is 0 Å². The average Bonchev–Trinajstić information content (AvgIpc) is 3.20. The summed E-state index contributed by atoms with van der Waals surface area (Å²) in [6, 6.07) is 24.9. The molecule has 0 aliphatic carbocycles. The molecule has 0 aliphatic rings. The highest BCUT2D eigenvalue weighted by molar-refractivity contribution is 7.98. The molecule has 2 atom stereocenters. The van der Waals surface area contributed by atoms with Crippen molar-refractivity contribution < 1.29 is 38.2 Å². The van der Waals surface area contributed by atoms with Gasteiger partial charge < -0.3 is 30.2 Å². The molecule has 0 radical (unpaired) electrons. The molecule has 4 aromatic carbocycles. The Balaban J connectivity index is 1.39. The van der Waals surface area contributed by atoms with Crippen molar-refractivity contribution in [3.63, 3.8) is 0 Å². The van der Waals surface area contributed by atoms with E-state index in [1.54, 1.807) is 48.5 Å². The lowest BCUT2D eigenvalue weighted by molar-refractivity contribution is -0.147. The molecule has 0 heterocycles. The molecule has 0 saturated heterocycles. The zero-order chi connectivity index (χ0) is 39.7. The molecule has 0 aliphatic heterocycles. The molecule has 290 valence electrons. The van der Waals surface area contributed by atoms with E-state index in [1.807, 2.05) is 42.5 Å². The molecule has 0 spiro atoms. The van der Waals surface area contributed by atoms with Gasteiger partial charge in [0.15, 0.2) is 5.75 Å². The summed E-state index contributed by atoms with van der Waals surface area (Å²) in [5, 5.41) is 6.55. The number of carbonyl (C=O) groups excluding carboxylic acids is 5. The van der Waals surface area contributed by atoms with Crippen molar-refractivity contribution in [3.8, 4) is 5.75 Å². The maximum atomic E-state index is 13.4. The molecule has 17 heteroatoms. The minimum Gasteiger partial charge on any atom is -0.459 e. The molecule has 4 aromatic rings. The van der Waals surface area contributed by atoms with Gasteiger partial charge in [-0.15, -0.1) is 0 Å². The Morgan fingerprint density at radius 2 is 1.13 bits per heavy atom. The summed E-state index contributed by atoms with van der Waals surface area (Å²) in [6.07, 6.45) is -1.38. The van der Waals surface area contributed by atoms with Crippen molar-refractivity contribution in [3.05, 3.63) is 133 Å². The second-order valence-corrected chi connectivity index (χ2v) is 14.5. The number of rotatable bonds is 18. The van der Waals surface area contributed by atoms with Crippen molar-refractivity contribution in [1.82, 2.24) is 16.0 Å². The van der Waals surface area contributed by atoms with Crippen LogP contribution in [0.15, 0.2) is 91.0 Å². The van der Waals surface area contributed by atoms with E-state index >= 15 is 0 Å². The third-order valence-corrected chi connectivity index (χ3v) is 10.9. The minimum absolute atomic E-state index is 0.0504. The van der Waals surface area contributed by atoms with Crippen molar-refractivity contribution >= 4 is 99.6 Å². The lowest BCUT2D eigenvalue weighted by atomic mass is 10.1. The summed E-state index contributed by atoms with van der Waals surface area (Å²) >= 11 is 31.8. The first-order valence-corrected chi connectivity index (χ1v) is 19.6. The van der Waals surface area contributed by atoms with Gasteiger partial charge in [0.2, 0.25) is 11.8 Å². The van der Waals surface area contributed by atoms with E-state index in [0.29, 0.717) is 5.75 Å². The number of carbonyl (C=O) groups is 5. The van der Waals surface area contributed by atoms with E-state index in [9.17, 15) is 24.0 Å². The lowest BCUT2D eigenvalue weighted by Gasteiger charge is -2.20. The van der Waals surface area contributed by atoms with Crippen LogP contribution in [-0.2, 0) is 47.6 Å². The third-order valence-electron chi connectivity index (χ3n) is 7.51. The van der Waals surface area contributed by atoms with Gasteiger partial charge in [-0.25, -0.2) is 14.4 Å². The monoisotopic (exact) mass is 867 g/mol. The van der Waals surface area contributed by atoms with Crippen LogP contribution in [0.25, 0.3) is 0 Å². The summed E-state index contributed by atoms with van der Waals surface area (Å²) in [5.41, 5.74) is 2.43. The number of halogens is 5. The van der Waals surface area contributed by atoms with E-state index in [2.05, 4.69) is 16.0 Å². The van der Waals surface area contributed by atoms with Crippen LogP contribution in [0.2, 0.25) is 25.1 Å². The van der Waals surface area contributed by atoms with Crippen LogP contribution in [0.5, 0.6) is 5.75 Å². The molecule has 0 bridgehead atoms. The highest BCUT2D eigenvalue weighted by atomic mass is 35.5. The predicted molar refractivity (Wildman–Crippen MR) is 214 cm³/mol. The predicted octanol–water partition coefficient (Wildman–Crippen LogP) is 8.21. The standard InChI is InChI=1S/C38H34Cl5N3O8S/c39-30-31(40)33(42)35(34(43)32(30)41)54-29(48)18-44-36(49)27(22-55-21-25-14-8-3-9-15-25)45-28(47)17-16-26(37(50)52-19-23-10-4-1-5-11-23)46-38(51)53-20-24-12-6-2-7-13-24/h1-15,26-27H,16-22H2,(H,44,49)(H,45,47)(H,46,51)/t26-,27-/m0/s1. The fraction of sp³-hybridized carbons (Fsp3) is 0.237. The summed E-state index contributed by atoms with van der Waals surface area (Å²) in [6.45, 7) is -0.766. The second kappa shape index (κ2) is 22.4. The zero-order valence-corrected chi connectivity index (χ0v) is 33.4. The molecule has 11 nitrogen and oxygen atoms in total. The molecule has 4 rings (SSSR count). The number of hydrogen-bond acceptors (Lipinski definition) is 9. The number of amides is 3. The topological polar surface area (TPSA) is 149 Å². The highest BCUT2D eigenvalue weighted by Gasteiger charge is 2.28. The van der Waals surface area contributed by atoms with Crippen LogP contribution < -0.4 is 20.7 Å². The van der Waals surface area contributed by atoms with Gasteiger partial charge in [-0.1, -0.05) is 149 Å². The molecular weight excluding hydrogens is 836 g/mol. The molecule has 55 heavy (non-hydrogen) atoms. The fourth-order valence-electron chi connectivity index (χ4n) is 4.69. The Kier molecular flexibility index (Phi) is 17.7. The molecule has 0 unspecified atom stereocenters. The SMILES string of the molecule is O=C(CC[C@H](NC(=O)OCc1ccccc1)C(=O)OCc1ccccc1)N[C@@H](CSCc1ccccc1)C(=O)NCC(=O)Oc1c(Cl)c(Cl)c(Cl)c(Cl)c1Cl. The first kappa shape index (κ1) is 43.6. The van der Waals surface area contributed by atoms with Crippen LogP contribution in [0, 0.1) is 0 Å². The van der Waals surface area contributed by atoms with Gasteiger partial charge in [-0.2, -0.15) is 11.8 Å². The van der Waals surface area contributed by atoms with E-state index < -0.39 is 48.5 Å². The number of benzene rings is 4. The Morgan fingerprint density at radius 3 is 1.69 bits per heavy atom. The van der Waals surface area contributed by atoms with Gasteiger partial charge >= 0.3 is 18.0 Å². The van der Waals surface area contributed by atoms with Crippen LogP contribution in [-0.4, -0.2) is 54.2 Å². The van der Waals surface area contributed by atoms with Gasteiger partial charge in [0.1, 0.15) is 41.9 Å². The van der Waals surface area contributed by atoms with Crippen molar-refractivity contribution in [2.45, 2.75) is 43.9 Å². The summed E-state index contributed by atoms with van der Waals surface area (Å²) in [5.74, 6) is -2.82. The maximum absolute atomic E-state index is 13.4. The van der Waals surface area contributed by atoms with E-state index in [-0.39, 0.29) is 62.7 Å². The van der Waals surface area contributed by atoms with Crippen LogP contribution in [0.4, 0.5) is 4.79 Å². The summed E-state index contributed by atoms with van der Waals surface area (Å²) in [4.78, 5) is 65.2.